The van der Waals surface area contributed by atoms with Crippen molar-refractivity contribution in [2.45, 2.75) is 62.7 Å². The molecule has 2 aromatic rings. The third-order valence-electron chi connectivity index (χ3n) is 6.03. The smallest absolute Gasteiger partial charge is 0.243 e. The average Bonchev–Trinajstić information content (AvgIpc) is 3.38. The third-order valence-corrected chi connectivity index (χ3v) is 8.03. The van der Waals surface area contributed by atoms with Gasteiger partial charge in [-0.1, -0.05) is 43.1 Å². The van der Waals surface area contributed by atoms with Crippen LogP contribution in [-0.4, -0.2) is 36.0 Å². The maximum atomic E-state index is 13.2. The summed E-state index contributed by atoms with van der Waals surface area (Å²) >= 11 is 0. The van der Waals surface area contributed by atoms with E-state index in [0.29, 0.717) is 36.2 Å². The average molecular weight is 390 g/mol. The largest absolute Gasteiger partial charge is 0.340 e. The maximum absolute atomic E-state index is 13.2. The molecule has 1 saturated carbocycles. The van der Waals surface area contributed by atoms with Crippen LogP contribution < -0.4 is 0 Å². The zero-order valence-electron chi connectivity index (χ0n) is 16.0. The molecule has 0 N–H and O–H groups in total. The molecule has 0 atom stereocenters. The molecular weight excluding hydrogens is 362 g/mol. The fraction of sp³-hybridized carbons (Fsp3) is 0.600. The Kier molecular flexibility index (Phi) is 4.84. The summed E-state index contributed by atoms with van der Waals surface area (Å²) in [5.41, 5.74) is 0.719. The van der Waals surface area contributed by atoms with Gasteiger partial charge in [-0.3, -0.25) is 0 Å². The summed E-state index contributed by atoms with van der Waals surface area (Å²) in [4.78, 5) is 4.96. The van der Waals surface area contributed by atoms with Crippen LogP contribution in [0.4, 0.5) is 0 Å². The van der Waals surface area contributed by atoms with Crippen LogP contribution in [0.25, 0.3) is 0 Å². The highest BCUT2D eigenvalue weighted by Crippen LogP contribution is 2.47. The normalized spacial score (nSPS) is 20.7. The van der Waals surface area contributed by atoms with E-state index in [1.807, 2.05) is 26.0 Å². The lowest BCUT2D eigenvalue weighted by molar-refractivity contribution is 0.198. The van der Waals surface area contributed by atoms with Crippen molar-refractivity contribution >= 4 is 10.0 Å². The van der Waals surface area contributed by atoms with Gasteiger partial charge in [0.15, 0.2) is 5.82 Å². The van der Waals surface area contributed by atoms with E-state index in [-0.39, 0.29) is 5.41 Å². The van der Waals surface area contributed by atoms with Gasteiger partial charge in [0.25, 0.3) is 0 Å². The van der Waals surface area contributed by atoms with Crippen molar-refractivity contribution in [3.8, 4) is 0 Å². The van der Waals surface area contributed by atoms with E-state index in [9.17, 15) is 8.42 Å². The van der Waals surface area contributed by atoms with Crippen LogP contribution in [0.1, 0.15) is 56.3 Å². The molecule has 7 heteroatoms. The molecule has 1 saturated heterocycles. The molecule has 2 aliphatic rings. The molecule has 146 valence electrons. The number of piperidine rings is 1. The topological polar surface area (TPSA) is 76.3 Å². The van der Waals surface area contributed by atoms with E-state index in [2.05, 4.69) is 10.1 Å². The predicted octanol–water partition coefficient (Wildman–Crippen LogP) is 3.46. The first kappa shape index (κ1) is 18.6. The number of benzene rings is 1. The minimum Gasteiger partial charge on any atom is -0.340 e. The summed E-state index contributed by atoms with van der Waals surface area (Å²) in [5.74, 6) is 2.05. The number of sulfonamides is 1. The second-order valence-electron chi connectivity index (χ2n) is 7.93. The zero-order chi connectivity index (χ0) is 19.1. The number of aromatic nitrogens is 2. The fourth-order valence-electron chi connectivity index (χ4n) is 4.25. The Bertz CT molecular complexity index is 910. The van der Waals surface area contributed by atoms with E-state index in [0.717, 1.165) is 30.7 Å². The van der Waals surface area contributed by atoms with Crippen LogP contribution in [0.3, 0.4) is 0 Å². The van der Waals surface area contributed by atoms with Crippen LogP contribution in [0, 0.1) is 12.8 Å². The second-order valence-corrected chi connectivity index (χ2v) is 9.84. The monoisotopic (exact) mass is 389 g/mol. The Balaban J connectivity index is 1.58. The van der Waals surface area contributed by atoms with Gasteiger partial charge >= 0.3 is 0 Å². The number of nitrogens with zero attached hydrogens (tertiary/aromatic N) is 3. The van der Waals surface area contributed by atoms with E-state index in [4.69, 9.17) is 4.52 Å². The molecule has 6 nitrogen and oxygen atoms in total. The first-order valence-corrected chi connectivity index (χ1v) is 11.3. The second kappa shape index (κ2) is 7.02. The maximum Gasteiger partial charge on any atom is 0.243 e. The van der Waals surface area contributed by atoms with Gasteiger partial charge < -0.3 is 4.52 Å². The molecule has 4 rings (SSSR count). The summed E-state index contributed by atoms with van der Waals surface area (Å²) in [6, 6.07) is 7.32. The van der Waals surface area contributed by atoms with Crippen LogP contribution in [0.2, 0.25) is 0 Å². The Morgan fingerprint density at radius 2 is 1.93 bits per heavy atom. The number of rotatable bonds is 6. The van der Waals surface area contributed by atoms with Gasteiger partial charge in [-0.15, -0.1) is 0 Å². The lowest BCUT2D eigenvalue weighted by Crippen LogP contribution is -2.46. The van der Waals surface area contributed by atoms with Gasteiger partial charge in [-0.25, -0.2) is 8.42 Å². The summed E-state index contributed by atoms with van der Waals surface area (Å²) in [6.45, 7) is 4.80. The van der Waals surface area contributed by atoms with Crippen molar-refractivity contribution < 1.29 is 12.9 Å². The highest BCUT2D eigenvalue weighted by atomic mass is 32.2. The number of hydrogen-bond donors (Lipinski definition) is 0. The van der Waals surface area contributed by atoms with Crippen LogP contribution in [0.5, 0.6) is 0 Å². The van der Waals surface area contributed by atoms with Gasteiger partial charge in [-0.05, 0) is 43.2 Å². The van der Waals surface area contributed by atoms with E-state index >= 15 is 0 Å². The Hall–Kier alpha value is -1.73. The SMILES string of the molecule is CCc1ccccc1S(=O)(=O)N1CCC(CC2CC2)(c2noc(C)n2)CC1. The summed E-state index contributed by atoms with van der Waals surface area (Å²) < 4.78 is 33.3. The van der Waals surface area contributed by atoms with Crippen molar-refractivity contribution in [1.29, 1.82) is 0 Å². The standard InChI is InChI=1S/C20H27N3O3S/c1-3-17-6-4-5-7-18(17)27(24,25)23-12-10-20(11-13-23,14-16-8-9-16)19-21-15(2)26-22-19/h4-7,16H,3,8-14H2,1-2H3. The molecule has 1 aliphatic carbocycles. The van der Waals surface area contributed by atoms with Gasteiger partial charge in [0.1, 0.15) is 0 Å². The van der Waals surface area contributed by atoms with Gasteiger partial charge in [0.2, 0.25) is 15.9 Å². The summed E-state index contributed by atoms with van der Waals surface area (Å²) in [5, 5.41) is 4.21. The molecular formula is C20H27N3O3S. The highest BCUT2D eigenvalue weighted by molar-refractivity contribution is 7.89. The molecule has 0 unspecified atom stereocenters. The van der Waals surface area contributed by atoms with Crippen molar-refractivity contribution in [1.82, 2.24) is 14.4 Å². The van der Waals surface area contributed by atoms with E-state index < -0.39 is 10.0 Å². The predicted molar refractivity (Wildman–Crippen MR) is 102 cm³/mol. The van der Waals surface area contributed by atoms with Crippen LogP contribution >= 0.6 is 0 Å². The van der Waals surface area contributed by atoms with Crippen molar-refractivity contribution in [2.24, 2.45) is 5.92 Å². The Morgan fingerprint density at radius 1 is 1.22 bits per heavy atom. The Morgan fingerprint density at radius 3 is 2.52 bits per heavy atom. The molecule has 1 aromatic carbocycles. The van der Waals surface area contributed by atoms with Gasteiger partial charge in [-0.2, -0.15) is 9.29 Å². The zero-order valence-corrected chi connectivity index (χ0v) is 16.8. The molecule has 0 bridgehead atoms. The lowest BCUT2D eigenvalue weighted by Gasteiger charge is -2.39. The molecule has 2 heterocycles. The Labute approximate surface area is 161 Å². The molecule has 2 fully saturated rings. The van der Waals surface area contributed by atoms with Crippen molar-refractivity contribution in [3.05, 3.63) is 41.5 Å². The summed E-state index contributed by atoms with van der Waals surface area (Å²) in [6.07, 6.45) is 5.74. The first-order chi connectivity index (χ1) is 12.9. The molecule has 0 amide bonds. The van der Waals surface area contributed by atoms with Crippen molar-refractivity contribution in [3.63, 3.8) is 0 Å². The van der Waals surface area contributed by atoms with Crippen molar-refractivity contribution in [2.75, 3.05) is 13.1 Å². The van der Waals surface area contributed by atoms with Crippen LogP contribution in [0.15, 0.2) is 33.7 Å². The first-order valence-electron chi connectivity index (χ1n) is 9.83. The van der Waals surface area contributed by atoms with E-state index in [1.54, 1.807) is 16.4 Å². The number of aryl methyl sites for hydroxylation is 2. The van der Waals surface area contributed by atoms with Gasteiger partial charge in [0, 0.05) is 25.4 Å². The molecule has 0 spiro atoms. The van der Waals surface area contributed by atoms with Crippen LogP contribution in [-0.2, 0) is 21.9 Å². The number of hydrogen-bond acceptors (Lipinski definition) is 5. The lowest BCUT2D eigenvalue weighted by atomic mass is 9.74. The molecule has 1 aromatic heterocycles. The van der Waals surface area contributed by atoms with E-state index in [1.165, 1.54) is 12.8 Å². The minimum atomic E-state index is -3.48. The fourth-order valence-corrected chi connectivity index (χ4v) is 5.99. The molecule has 1 aliphatic heterocycles. The third kappa shape index (κ3) is 3.55. The molecule has 0 radical (unpaired) electrons. The summed E-state index contributed by atoms with van der Waals surface area (Å²) in [7, 11) is -3.48. The highest BCUT2D eigenvalue weighted by Gasteiger charge is 2.45. The molecule has 27 heavy (non-hydrogen) atoms. The minimum absolute atomic E-state index is 0.158. The quantitative estimate of drug-likeness (QED) is 0.756. The van der Waals surface area contributed by atoms with Gasteiger partial charge in [0.05, 0.1) is 4.90 Å².